The van der Waals surface area contributed by atoms with Crippen molar-refractivity contribution in [2.75, 3.05) is 27.6 Å². The molecule has 0 bridgehead atoms. The van der Waals surface area contributed by atoms with E-state index in [1.165, 1.54) is 23.8 Å². The summed E-state index contributed by atoms with van der Waals surface area (Å²) in [4.78, 5) is 37.4. The number of halogens is 1. The summed E-state index contributed by atoms with van der Waals surface area (Å²) in [6.07, 6.45) is 1.59. The van der Waals surface area contributed by atoms with Crippen molar-refractivity contribution in [2.24, 2.45) is 10.9 Å². The summed E-state index contributed by atoms with van der Waals surface area (Å²) in [5.41, 5.74) is -0.937. The van der Waals surface area contributed by atoms with Gasteiger partial charge in [0.25, 0.3) is 0 Å². The van der Waals surface area contributed by atoms with Crippen LogP contribution in [0.4, 0.5) is 4.79 Å². The summed E-state index contributed by atoms with van der Waals surface area (Å²) < 4.78 is 22.3. The Morgan fingerprint density at radius 2 is 1.95 bits per heavy atom. The summed E-state index contributed by atoms with van der Waals surface area (Å²) in [7, 11) is 1.59. The molecule has 1 aromatic heterocycles. The molecule has 0 saturated heterocycles. The van der Waals surface area contributed by atoms with Gasteiger partial charge >= 0.3 is 12.1 Å². The zero-order valence-electron chi connectivity index (χ0n) is 23.1. The summed E-state index contributed by atoms with van der Waals surface area (Å²) >= 11 is 4.74. The molecule has 0 radical (unpaired) electrons. The third-order valence-corrected chi connectivity index (χ3v) is 9.95. The number of amidine groups is 1. The molecule has 3 atom stereocenters. The lowest BCUT2D eigenvalue weighted by molar-refractivity contribution is -0.141. The minimum Gasteiger partial charge on any atom is -0.481 e. The largest absolute Gasteiger partial charge is 0.481 e. The molecule has 206 valence electrons. The highest BCUT2D eigenvalue weighted by Crippen LogP contribution is 2.67. The SMILES string of the molecule is COC(=O)[C@]12C[C@H]1[C@@](C)(c1cc(Br)cnc1OC)N=C(N(COCC[Si](C)(C)C)C(=O)OC(C)(C)C)S2. The van der Waals surface area contributed by atoms with Crippen LogP contribution in [0, 0.1) is 5.92 Å². The number of fused-ring (bicyclic) bond motifs is 1. The number of carbonyl (C=O) groups excluding carboxylic acids is 2. The lowest BCUT2D eigenvalue weighted by Crippen LogP contribution is -2.47. The van der Waals surface area contributed by atoms with Gasteiger partial charge in [0.1, 0.15) is 17.1 Å². The maximum Gasteiger partial charge on any atom is 0.418 e. The van der Waals surface area contributed by atoms with Crippen LogP contribution in [0.25, 0.3) is 0 Å². The summed E-state index contributed by atoms with van der Waals surface area (Å²) in [5.74, 6) is -0.132. The fourth-order valence-corrected chi connectivity index (χ4v) is 6.94. The molecule has 0 N–H and O–H groups in total. The number of esters is 1. The molecule has 9 nitrogen and oxygen atoms in total. The predicted molar refractivity (Wildman–Crippen MR) is 151 cm³/mol. The van der Waals surface area contributed by atoms with E-state index in [0.717, 1.165) is 10.5 Å². The molecule has 2 heterocycles. The number of carbonyl (C=O) groups is 2. The zero-order chi connectivity index (χ0) is 27.8. The van der Waals surface area contributed by atoms with Gasteiger partial charge in [-0.25, -0.2) is 14.7 Å². The van der Waals surface area contributed by atoms with Gasteiger partial charge in [0, 0.05) is 36.8 Å². The minimum atomic E-state index is -1.34. The molecule has 1 saturated carbocycles. The Balaban J connectivity index is 2.07. The second kappa shape index (κ2) is 10.9. The van der Waals surface area contributed by atoms with Gasteiger partial charge in [-0.3, -0.25) is 9.79 Å². The number of methoxy groups -OCH3 is 2. The number of hydrogen-bond acceptors (Lipinski definition) is 9. The summed E-state index contributed by atoms with van der Waals surface area (Å²) in [6.45, 7) is 14.6. The number of nitrogens with zero attached hydrogens (tertiary/aromatic N) is 3. The second-order valence-corrected chi connectivity index (χ2v) is 19.6. The normalized spacial score (nSPS) is 25.0. The zero-order valence-corrected chi connectivity index (χ0v) is 26.5. The van der Waals surface area contributed by atoms with Gasteiger partial charge in [-0.2, -0.15) is 0 Å². The molecular weight excluding hydrogens is 578 g/mol. The molecule has 0 aromatic carbocycles. The fraction of sp³-hybridized carbons (Fsp3) is 0.680. The van der Waals surface area contributed by atoms with Gasteiger partial charge in [0.05, 0.1) is 19.8 Å². The van der Waals surface area contributed by atoms with Crippen LogP contribution in [0.1, 0.15) is 39.7 Å². The Kier molecular flexibility index (Phi) is 8.78. The standard InChI is InChI=1S/C25H38BrN3O6SSi/c1-23(2,3)35-22(31)29(15-34-10-11-37(7,8)9)21-28-24(4,17-12-16(26)14-27-19(17)32-5)18-13-25(18,36-21)20(30)33-6/h12,14,18H,10-11,13,15H2,1-9H3/t18-,24+,25-/m0/s1. The number of amides is 1. The lowest BCUT2D eigenvalue weighted by Gasteiger charge is -2.37. The quantitative estimate of drug-likeness (QED) is 0.160. The van der Waals surface area contributed by atoms with Crippen molar-refractivity contribution in [3.63, 3.8) is 0 Å². The van der Waals surface area contributed by atoms with Crippen molar-refractivity contribution in [2.45, 2.75) is 75.7 Å². The molecule has 3 rings (SSSR count). The average Bonchev–Trinajstić information content (AvgIpc) is 3.53. The summed E-state index contributed by atoms with van der Waals surface area (Å²) in [6, 6.07) is 2.84. The molecule has 1 aromatic rings. The Labute approximate surface area is 233 Å². The van der Waals surface area contributed by atoms with Crippen LogP contribution in [0.3, 0.4) is 0 Å². The van der Waals surface area contributed by atoms with Gasteiger partial charge < -0.3 is 18.9 Å². The molecule has 1 aliphatic carbocycles. The van der Waals surface area contributed by atoms with E-state index >= 15 is 0 Å². The Bertz CT molecular complexity index is 1080. The molecular formula is C25H38BrN3O6SSi. The highest BCUT2D eigenvalue weighted by Gasteiger charge is 2.72. The number of hydrogen-bond donors (Lipinski definition) is 0. The predicted octanol–water partition coefficient (Wildman–Crippen LogP) is 5.65. The molecule has 2 aliphatic rings. The van der Waals surface area contributed by atoms with E-state index in [1.54, 1.807) is 34.1 Å². The maximum atomic E-state index is 13.4. The molecule has 0 spiro atoms. The van der Waals surface area contributed by atoms with Crippen molar-refractivity contribution >= 4 is 53.0 Å². The first kappa shape index (κ1) is 29.9. The molecule has 1 fully saturated rings. The molecule has 0 unspecified atom stereocenters. The van der Waals surface area contributed by atoms with Gasteiger partial charge in [-0.05, 0) is 62.2 Å². The smallest absolute Gasteiger partial charge is 0.418 e. The van der Waals surface area contributed by atoms with E-state index in [0.29, 0.717) is 29.6 Å². The van der Waals surface area contributed by atoms with Crippen LogP contribution in [0.15, 0.2) is 21.7 Å². The number of pyridine rings is 1. The first-order valence-electron chi connectivity index (χ1n) is 12.2. The highest BCUT2D eigenvalue weighted by atomic mass is 79.9. The van der Waals surface area contributed by atoms with Crippen LogP contribution in [-0.4, -0.2) is 73.1 Å². The third kappa shape index (κ3) is 6.69. The van der Waals surface area contributed by atoms with Crippen LogP contribution in [0.2, 0.25) is 25.7 Å². The monoisotopic (exact) mass is 615 g/mol. The van der Waals surface area contributed by atoms with Crippen molar-refractivity contribution in [1.82, 2.24) is 9.88 Å². The van der Waals surface area contributed by atoms with Crippen LogP contribution in [0.5, 0.6) is 5.88 Å². The molecule has 12 heteroatoms. The maximum absolute atomic E-state index is 13.4. The molecule has 1 amide bonds. The topological polar surface area (TPSA) is 99.5 Å². The van der Waals surface area contributed by atoms with Gasteiger partial charge in [-0.15, -0.1) is 0 Å². The number of rotatable bonds is 8. The summed E-state index contributed by atoms with van der Waals surface area (Å²) in [5, 5.41) is 0.339. The van der Waals surface area contributed by atoms with E-state index < -0.39 is 30.1 Å². The van der Waals surface area contributed by atoms with Crippen LogP contribution < -0.4 is 4.74 Å². The highest BCUT2D eigenvalue weighted by molar-refractivity contribution is 9.10. The number of aromatic nitrogens is 1. The molecule has 1 aliphatic heterocycles. The first-order valence-corrected chi connectivity index (χ1v) is 17.5. The van der Waals surface area contributed by atoms with Gasteiger partial charge in [0.2, 0.25) is 5.88 Å². The Morgan fingerprint density at radius 3 is 2.51 bits per heavy atom. The van der Waals surface area contributed by atoms with E-state index in [9.17, 15) is 9.59 Å². The van der Waals surface area contributed by atoms with Gasteiger partial charge in [-0.1, -0.05) is 31.4 Å². The Hall–Kier alpha value is -1.63. The first-order chi connectivity index (χ1) is 17.1. The number of thioether (sulfide) groups is 1. The van der Waals surface area contributed by atoms with Crippen molar-refractivity contribution in [1.29, 1.82) is 0 Å². The number of ether oxygens (including phenoxy) is 4. The van der Waals surface area contributed by atoms with E-state index in [2.05, 4.69) is 40.6 Å². The van der Waals surface area contributed by atoms with Crippen molar-refractivity contribution in [3.8, 4) is 5.88 Å². The third-order valence-electron chi connectivity index (χ3n) is 6.34. The lowest BCUT2D eigenvalue weighted by atomic mass is 9.86. The van der Waals surface area contributed by atoms with E-state index in [-0.39, 0.29) is 18.6 Å². The fourth-order valence-electron chi connectivity index (χ4n) is 4.26. The van der Waals surface area contributed by atoms with Gasteiger partial charge in [0.15, 0.2) is 5.17 Å². The average molecular weight is 617 g/mol. The van der Waals surface area contributed by atoms with E-state index in [4.69, 9.17) is 23.9 Å². The van der Waals surface area contributed by atoms with E-state index in [1.807, 2.05) is 13.0 Å². The number of aliphatic imine (C=N–C) groups is 1. The molecule has 37 heavy (non-hydrogen) atoms. The Morgan fingerprint density at radius 1 is 1.27 bits per heavy atom. The van der Waals surface area contributed by atoms with Crippen LogP contribution >= 0.6 is 27.7 Å². The van der Waals surface area contributed by atoms with Crippen molar-refractivity contribution < 1.29 is 28.5 Å². The van der Waals surface area contributed by atoms with Crippen molar-refractivity contribution in [3.05, 3.63) is 22.3 Å². The second-order valence-electron chi connectivity index (χ2n) is 11.7. The van der Waals surface area contributed by atoms with Crippen LogP contribution in [-0.2, 0) is 24.5 Å². The minimum absolute atomic E-state index is 0.0445.